The van der Waals surface area contributed by atoms with Crippen LogP contribution in [0.1, 0.15) is 25.8 Å². The summed E-state index contributed by atoms with van der Waals surface area (Å²) in [4.78, 5) is 27.9. The van der Waals surface area contributed by atoms with Crippen LogP contribution in [0.25, 0.3) is 0 Å². The van der Waals surface area contributed by atoms with Crippen molar-refractivity contribution in [1.82, 2.24) is 14.5 Å². The van der Waals surface area contributed by atoms with E-state index in [1.54, 1.807) is 11.8 Å². The zero-order chi connectivity index (χ0) is 27.4. The van der Waals surface area contributed by atoms with Crippen molar-refractivity contribution in [2.75, 3.05) is 13.1 Å². The highest BCUT2D eigenvalue weighted by Crippen LogP contribution is 2.52. The van der Waals surface area contributed by atoms with E-state index in [1.807, 2.05) is 0 Å². The van der Waals surface area contributed by atoms with Gasteiger partial charge < -0.3 is 15.1 Å². The largest absolute Gasteiger partial charge is 0.477 e. The van der Waals surface area contributed by atoms with Gasteiger partial charge in [0.1, 0.15) is 23.1 Å². The Balaban J connectivity index is 1.58. The molecule has 1 aromatic carbocycles. The molecule has 5 N–H and O–H groups in total. The summed E-state index contributed by atoms with van der Waals surface area (Å²) in [7, 11) is -4.06. The summed E-state index contributed by atoms with van der Waals surface area (Å²) in [6.45, 7) is 2.98. The Morgan fingerprint density at radius 1 is 1.30 bits per heavy atom. The molecule has 204 valence electrons. The summed E-state index contributed by atoms with van der Waals surface area (Å²) in [6.07, 6.45) is -0.647. The minimum atomic E-state index is -4.06. The number of halogens is 3. The third kappa shape index (κ3) is 5.38. The van der Waals surface area contributed by atoms with E-state index in [9.17, 15) is 41.4 Å². The second kappa shape index (κ2) is 10.2. The number of amides is 1. The number of nitrogens with two attached hydrogens (primary N) is 1. The van der Waals surface area contributed by atoms with Crippen LogP contribution in [0.4, 0.5) is 13.2 Å². The van der Waals surface area contributed by atoms with Gasteiger partial charge in [-0.2, -0.15) is 8.42 Å². The molecule has 37 heavy (non-hydrogen) atoms. The molecular weight excluding hydrogens is 537 g/mol. The monoisotopic (exact) mass is 564 g/mol. The second-order valence-corrected chi connectivity index (χ2v) is 12.3. The Kier molecular flexibility index (Phi) is 7.67. The van der Waals surface area contributed by atoms with Crippen molar-refractivity contribution in [3.63, 3.8) is 0 Å². The van der Waals surface area contributed by atoms with Gasteiger partial charge in [-0.25, -0.2) is 27.8 Å². The van der Waals surface area contributed by atoms with Crippen molar-refractivity contribution >= 4 is 33.8 Å². The lowest BCUT2D eigenvalue weighted by Gasteiger charge is -2.46. The lowest BCUT2D eigenvalue weighted by atomic mass is 9.79. The molecule has 1 aromatic rings. The number of carboxylic acids is 1. The predicted molar refractivity (Wildman–Crippen MR) is 127 cm³/mol. The highest BCUT2D eigenvalue weighted by atomic mass is 32.2. The van der Waals surface area contributed by atoms with E-state index >= 15 is 0 Å². The fourth-order valence-corrected chi connectivity index (χ4v) is 7.45. The Morgan fingerprint density at radius 2 is 1.92 bits per heavy atom. The molecule has 3 aliphatic heterocycles. The maximum atomic E-state index is 14.3. The maximum absolute atomic E-state index is 14.3. The van der Waals surface area contributed by atoms with Gasteiger partial charge in [0.15, 0.2) is 0 Å². The van der Waals surface area contributed by atoms with Crippen molar-refractivity contribution in [2.24, 2.45) is 17.0 Å². The van der Waals surface area contributed by atoms with E-state index < -0.39 is 63.6 Å². The first-order valence-corrected chi connectivity index (χ1v) is 13.9. The number of benzene rings is 1. The van der Waals surface area contributed by atoms with Gasteiger partial charge in [-0.15, -0.1) is 11.8 Å². The van der Waals surface area contributed by atoms with E-state index in [-0.39, 0.29) is 42.1 Å². The van der Waals surface area contributed by atoms with Crippen LogP contribution in [0.5, 0.6) is 0 Å². The van der Waals surface area contributed by atoms with E-state index in [0.29, 0.717) is 23.5 Å². The molecule has 2 saturated heterocycles. The SMILES string of the molecule is C[C@@H](O)[C@H]1C(=O)N2C(C(=O)O)=C(S[C@H]3C[C@@H](CNS(N)(=O)=O)N(Cc4c(F)cc(F)cc4F)C3)[C@H](C)[C@H]12. The molecule has 0 aromatic heterocycles. The van der Waals surface area contributed by atoms with Gasteiger partial charge >= 0.3 is 5.97 Å². The number of β-lactam (4-membered cyclic amide) rings is 1. The van der Waals surface area contributed by atoms with Gasteiger partial charge in [0.25, 0.3) is 10.2 Å². The van der Waals surface area contributed by atoms with Crippen molar-refractivity contribution in [2.45, 2.75) is 50.3 Å². The summed E-state index contributed by atoms with van der Waals surface area (Å²) < 4.78 is 67.2. The standard InChI is InChI=1S/C22H27F3N4O6S2/c1-9-18-17(10(2)30)21(31)29(18)19(22(32)33)20(9)36-13-5-12(6-27-37(26,34)35)28(7-13)8-14-15(24)3-11(23)4-16(14)25/h3-4,9-10,12-13,17-18,27,30H,5-8H2,1-2H3,(H,32,33)(H2,26,34,35)/t9-,10-,12+,13+,17-,18-/m1/s1. The summed E-state index contributed by atoms with van der Waals surface area (Å²) in [5.41, 5.74) is -0.542. The van der Waals surface area contributed by atoms with Crippen LogP contribution in [0.15, 0.2) is 22.7 Å². The summed E-state index contributed by atoms with van der Waals surface area (Å²) >= 11 is 1.21. The van der Waals surface area contributed by atoms with Crippen molar-refractivity contribution < 1.29 is 41.4 Å². The summed E-state index contributed by atoms with van der Waals surface area (Å²) in [6, 6.07) is 0.0554. The van der Waals surface area contributed by atoms with Gasteiger partial charge in [0.2, 0.25) is 5.91 Å². The number of nitrogens with one attached hydrogen (secondary N) is 1. The quantitative estimate of drug-likeness (QED) is 0.320. The zero-order valence-corrected chi connectivity index (χ0v) is 21.5. The molecule has 3 aliphatic rings. The number of aliphatic carboxylic acids is 1. The van der Waals surface area contributed by atoms with Crippen LogP contribution in [0, 0.1) is 29.3 Å². The molecule has 1 amide bonds. The number of hydrogen-bond donors (Lipinski definition) is 4. The van der Waals surface area contributed by atoms with E-state index in [4.69, 9.17) is 5.14 Å². The Hall–Kier alpha value is -2.17. The summed E-state index contributed by atoms with van der Waals surface area (Å²) in [5.74, 6) is -6.09. The van der Waals surface area contributed by atoms with Crippen LogP contribution in [-0.4, -0.2) is 76.8 Å². The number of rotatable bonds is 9. The number of aliphatic hydroxyl groups is 1. The average molecular weight is 565 g/mol. The van der Waals surface area contributed by atoms with Crippen molar-refractivity contribution in [3.05, 3.63) is 45.8 Å². The molecule has 0 aliphatic carbocycles. The highest BCUT2D eigenvalue weighted by molar-refractivity contribution is 8.03. The van der Waals surface area contributed by atoms with Gasteiger partial charge in [0.05, 0.1) is 18.1 Å². The van der Waals surface area contributed by atoms with Crippen LogP contribution in [-0.2, 0) is 26.3 Å². The Morgan fingerprint density at radius 3 is 2.46 bits per heavy atom. The van der Waals surface area contributed by atoms with Crippen LogP contribution >= 0.6 is 11.8 Å². The smallest absolute Gasteiger partial charge is 0.353 e. The second-order valence-electron chi connectivity index (χ2n) is 9.57. The molecule has 4 rings (SSSR count). The number of fused-ring (bicyclic) bond motifs is 1. The first-order valence-electron chi connectivity index (χ1n) is 11.5. The van der Waals surface area contributed by atoms with Gasteiger partial charge in [-0.3, -0.25) is 9.69 Å². The van der Waals surface area contributed by atoms with Gasteiger partial charge in [-0.05, 0) is 13.3 Å². The normalized spacial score (nSPS) is 29.0. The Bertz CT molecular complexity index is 1240. The molecule has 0 saturated carbocycles. The van der Waals surface area contributed by atoms with Crippen molar-refractivity contribution in [3.8, 4) is 0 Å². The molecule has 0 bridgehead atoms. The number of carbonyl (C=O) groups excluding carboxylic acids is 1. The number of nitrogens with zero attached hydrogens (tertiary/aromatic N) is 2. The molecule has 2 fully saturated rings. The minimum Gasteiger partial charge on any atom is -0.477 e. The van der Waals surface area contributed by atoms with Gasteiger partial charge in [-0.1, -0.05) is 6.92 Å². The van der Waals surface area contributed by atoms with Crippen LogP contribution < -0.4 is 9.86 Å². The average Bonchev–Trinajstić information content (AvgIpc) is 3.25. The van der Waals surface area contributed by atoms with E-state index in [0.717, 1.165) is 0 Å². The van der Waals surface area contributed by atoms with E-state index in [1.165, 1.54) is 23.6 Å². The van der Waals surface area contributed by atoms with Crippen molar-refractivity contribution in [1.29, 1.82) is 0 Å². The fraction of sp³-hybridized carbons (Fsp3) is 0.545. The number of thioether (sulfide) groups is 1. The molecule has 0 radical (unpaired) electrons. The summed E-state index contributed by atoms with van der Waals surface area (Å²) in [5, 5.41) is 24.6. The van der Waals surface area contributed by atoms with E-state index in [2.05, 4.69) is 4.72 Å². The van der Waals surface area contributed by atoms with Crippen LogP contribution in [0.2, 0.25) is 0 Å². The molecular formula is C22H27F3N4O6S2. The molecule has 3 heterocycles. The van der Waals surface area contributed by atoms with Gasteiger partial charge in [0, 0.05) is 59.4 Å². The van der Waals surface area contributed by atoms with Crippen LogP contribution in [0.3, 0.4) is 0 Å². The Labute approximate surface area is 215 Å². The molecule has 15 heteroatoms. The molecule has 0 unspecified atom stereocenters. The molecule has 10 nitrogen and oxygen atoms in total. The topological polar surface area (TPSA) is 153 Å². The number of carboxylic acid groups (broad SMARTS) is 1. The lowest BCUT2D eigenvalue weighted by Crippen LogP contribution is -2.63. The fourth-order valence-electron chi connectivity index (χ4n) is 5.43. The third-order valence-corrected chi connectivity index (χ3v) is 9.14. The molecule has 6 atom stereocenters. The zero-order valence-electron chi connectivity index (χ0n) is 19.9. The predicted octanol–water partition coefficient (Wildman–Crippen LogP) is 0.727. The maximum Gasteiger partial charge on any atom is 0.353 e. The highest BCUT2D eigenvalue weighted by Gasteiger charge is 2.60. The first kappa shape index (κ1) is 27.9. The number of likely N-dealkylation sites (tertiary alicyclic amines) is 1. The number of carbonyl (C=O) groups is 2. The number of aliphatic hydroxyl groups excluding tert-OH is 1. The third-order valence-electron chi connectivity index (χ3n) is 7.08. The molecule has 0 spiro atoms. The minimum absolute atomic E-state index is 0.155. The lowest BCUT2D eigenvalue weighted by molar-refractivity contribution is -0.163. The first-order chi connectivity index (χ1) is 17.2. The number of hydrogen-bond acceptors (Lipinski definition) is 7.